The van der Waals surface area contributed by atoms with Crippen LogP contribution in [0.25, 0.3) is 0 Å². The van der Waals surface area contributed by atoms with Crippen LogP contribution in [0.15, 0.2) is 12.2 Å². The molecule has 0 aliphatic carbocycles. The maximum absolute atomic E-state index is 13.4. The molecule has 19 heavy (non-hydrogen) atoms. The number of ether oxygens (including phenoxy) is 1. The molecule has 0 heterocycles. The molecule has 2 nitrogen and oxygen atoms in total. The van der Waals surface area contributed by atoms with Gasteiger partial charge < -0.3 is 4.74 Å². The minimum Gasteiger partial charge on any atom is -0.452 e. The van der Waals surface area contributed by atoms with Crippen LogP contribution in [0.1, 0.15) is 26.7 Å². The van der Waals surface area contributed by atoms with Crippen LogP contribution in [0.4, 0.5) is 26.3 Å². The summed E-state index contributed by atoms with van der Waals surface area (Å²) in [5.41, 5.74) is -0.265. The summed E-state index contributed by atoms with van der Waals surface area (Å²) in [6.07, 6.45) is -13.2. The summed E-state index contributed by atoms with van der Waals surface area (Å²) in [6, 6.07) is 0. The third kappa shape index (κ3) is 4.76. The summed E-state index contributed by atoms with van der Waals surface area (Å²) >= 11 is 0. The van der Waals surface area contributed by atoms with E-state index in [0.717, 1.165) is 6.92 Å². The molecule has 0 bridgehead atoms. The van der Waals surface area contributed by atoms with Gasteiger partial charge in [-0.1, -0.05) is 19.9 Å². The van der Waals surface area contributed by atoms with Crippen LogP contribution < -0.4 is 0 Å². The van der Waals surface area contributed by atoms with Crippen molar-refractivity contribution >= 4 is 5.97 Å². The first-order chi connectivity index (χ1) is 8.44. The van der Waals surface area contributed by atoms with E-state index in [-0.39, 0.29) is 12.0 Å². The zero-order valence-electron chi connectivity index (χ0n) is 10.4. The van der Waals surface area contributed by atoms with Crippen LogP contribution in [0.3, 0.4) is 0 Å². The zero-order valence-corrected chi connectivity index (χ0v) is 10.4. The molecule has 0 N–H and O–H groups in total. The van der Waals surface area contributed by atoms with Gasteiger partial charge in [0.15, 0.2) is 6.10 Å². The van der Waals surface area contributed by atoms with Gasteiger partial charge >= 0.3 is 18.1 Å². The van der Waals surface area contributed by atoms with Gasteiger partial charge in [-0.25, -0.2) is 9.18 Å². The SMILES string of the molecule is C=C(C)C(=O)OC(CCC)C(F)(F)C(F)C(F)(F)F. The molecule has 0 aliphatic rings. The smallest absolute Gasteiger partial charge is 0.425 e. The van der Waals surface area contributed by atoms with E-state index in [2.05, 4.69) is 11.3 Å². The Bertz CT molecular complexity index is 337. The van der Waals surface area contributed by atoms with Crippen molar-refractivity contribution < 1.29 is 35.9 Å². The molecule has 0 aromatic carbocycles. The van der Waals surface area contributed by atoms with Crippen molar-refractivity contribution in [2.45, 2.75) is 51.1 Å². The number of carbonyl (C=O) groups is 1. The standard InChI is InChI=1S/C11H14F6O2/c1-4-5-7(19-8(18)6(2)3)10(13,14)9(12)11(15,16)17/h7,9H,2,4-5H2,1,3H3. The summed E-state index contributed by atoms with van der Waals surface area (Å²) < 4.78 is 79.9. The second-order valence-electron chi connectivity index (χ2n) is 4.04. The summed E-state index contributed by atoms with van der Waals surface area (Å²) in [7, 11) is 0. The molecule has 112 valence electrons. The molecule has 0 fully saturated rings. The fourth-order valence-corrected chi connectivity index (χ4v) is 1.20. The van der Waals surface area contributed by atoms with E-state index in [4.69, 9.17) is 0 Å². The topological polar surface area (TPSA) is 26.3 Å². The van der Waals surface area contributed by atoms with Gasteiger partial charge in [0.2, 0.25) is 0 Å². The van der Waals surface area contributed by atoms with Crippen molar-refractivity contribution in [3.05, 3.63) is 12.2 Å². The van der Waals surface area contributed by atoms with Gasteiger partial charge in [-0.15, -0.1) is 0 Å². The molecule has 0 saturated carbocycles. The van der Waals surface area contributed by atoms with Crippen LogP contribution in [0, 0.1) is 0 Å². The Hall–Kier alpha value is -1.21. The minimum atomic E-state index is -5.73. The average Bonchev–Trinajstić information content (AvgIpc) is 2.25. The normalized spacial score (nSPS) is 15.8. The molecule has 0 amide bonds. The fourth-order valence-electron chi connectivity index (χ4n) is 1.20. The number of halogens is 6. The second-order valence-corrected chi connectivity index (χ2v) is 4.04. The summed E-state index contributed by atoms with van der Waals surface area (Å²) in [5.74, 6) is -6.13. The molecule has 0 aliphatic heterocycles. The first-order valence-corrected chi connectivity index (χ1v) is 5.39. The Labute approximate surface area is 106 Å². The molecule has 0 radical (unpaired) electrons. The Kier molecular flexibility index (Phi) is 5.89. The van der Waals surface area contributed by atoms with Gasteiger partial charge in [0.05, 0.1) is 0 Å². The highest BCUT2D eigenvalue weighted by Gasteiger charge is 2.61. The van der Waals surface area contributed by atoms with Gasteiger partial charge in [0.25, 0.3) is 6.17 Å². The van der Waals surface area contributed by atoms with E-state index in [1.165, 1.54) is 6.92 Å². The van der Waals surface area contributed by atoms with Crippen LogP contribution in [-0.4, -0.2) is 30.3 Å². The zero-order chi connectivity index (χ0) is 15.4. The van der Waals surface area contributed by atoms with Crippen LogP contribution in [-0.2, 0) is 9.53 Å². The lowest BCUT2D eigenvalue weighted by Crippen LogP contribution is -2.51. The highest BCUT2D eigenvalue weighted by molar-refractivity contribution is 5.87. The fraction of sp³-hybridized carbons (Fsp3) is 0.727. The summed E-state index contributed by atoms with van der Waals surface area (Å²) in [4.78, 5) is 11.1. The average molecular weight is 292 g/mol. The number of rotatable bonds is 6. The lowest BCUT2D eigenvalue weighted by Gasteiger charge is -2.29. The van der Waals surface area contributed by atoms with Crippen LogP contribution >= 0.6 is 0 Å². The molecule has 0 aromatic rings. The molecule has 0 spiro atoms. The van der Waals surface area contributed by atoms with E-state index in [0.29, 0.717) is 0 Å². The highest BCUT2D eigenvalue weighted by atomic mass is 19.4. The Morgan fingerprint density at radius 1 is 1.26 bits per heavy atom. The van der Waals surface area contributed by atoms with Gasteiger partial charge in [-0.05, 0) is 13.3 Å². The third-order valence-corrected chi connectivity index (χ3v) is 2.20. The van der Waals surface area contributed by atoms with Crippen molar-refractivity contribution in [2.75, 3.05) is 0 Å². The molecule has 2 atom stereocenters. The third-order valence-electron chi connectivity index (χ3n) is 2.20. The highest BCUT2D eigenvalue weighted by Crippen LogP contribution is 2.39. The van der Waals surface area contributed by atoms with E-state index < -0.39 is 36.8 Å². The van der Waals surface area contributed by atoms with Gasteiger partial charge in [0.1, 0.15) is 0 Å². The van der Waals surface area contributed by atoms with Crippen molar-refractivity contribution in [3.8, 4) is 0 Å². The molecule has 2 unspecified atom stereocenters. The molecule has 8 heteroatoms. The Morgan fingerprint density at radius 3 is 2.05 bits per heavy atom. The van der Waals surface area contributed by atoms with E-state index in [1.54, 1.807) is 0 Å². The lowest BCUT2D eigenvalue weighted by molar-refractivity contribution is -0.270. The Balaban J connectivity index is 5.15. The number of esters is 1. The van der Waals surface area contributed by atoms with E-state index in [9.17, 15) is 31.1 Å². The monoisotopic (exact) mass is 292 g/mol. The quantitative estimate of drug-likeness (QED) is 0.423. The largest absolute Gasteiger partial charge is 0.452 e. The molecule has 0 rings (SSSR count). The van der Waals surface area contributed by atoms with Crippen molar-refractivity contribution in [1.29, 1.82) is 0 Å². The predicted molar refractivity (Wildman–Crippen MR) is 55.5 cm³/mol. The maximum atomic E-state index is 13.4. The maximum Gasteiger partial charge on any atom is 0.425 e. The number of hydrogen-bond donors (Lipinski definition) is 0. The first-order valence-electron chi connectivity index (χ1n) is 5.39. The van der Waals surface area contributed by atoms with E-state index in [1.807, 2.05) is 0 Å². The lowest BCUT2D eigenvalue weighted by atomic mass is 10.0. The van der Waals surface area contributed by atoms with Crippen LogP contribution in [0.5, 0.6) is 0 Å². The second kappa shape index (κ2) is 6.29. The summed E-state index contributed by atoms with van der Waals surface area (Å²) in [6.45, 7) is 5.63. The molecular formula is C11H14F6O2. The van der Waals surface area contributed by atoms with Gasteiger partial charge in [-0.3, -0.25) is 0 Å². The molecule has 0 aromatic heterocycles. The number of hydrogen-bond acceptors (Lipinski definition) is 2. The van der Waals surface area contributed by atoms with E-state index >= 15 is 0 Å². The van der Waals surface area contributed by atoms with Crippen molar-refractivity contribution in [3.63, 3.8) is 0 Å². The number of alkyl halides is 6. The number of carbonyl (C=O) groups excluding carboxylic acids is 1. The van der Waals surface area contributed by atoms with Gasteiger partial charge in [-0.2, -0.15) is 22.0 Å². The Morgan fingerprint density at radius 2 is 1.74 bits per heavy atom. The van der Waals surface area contributed by atoms with Crippen molar-refractivity contribution in [2.24, 2.45) is 0 Å². The minimum absolute atomic E-state index is 0.00565. The molecular weight excluding hydrogens is 278 g/mol. The summed E-state index contributed by atoms with van der Waals surface area (Å²) in [5, 5.41) is 0. The first kappa shape index (κ1) is 17.8. The van der Waals surface area contributed by atoms with Crippen molar-refractivity contribution in [1.82, 2.24) is 0 Å². The van der Waals surface area contributed by atoms with Crippen LogP contribution in [0.2, 0.25) is 0 Å². The predicted octanol–water partition coefficient (Wildman–Crippen LogP) is 3.81. The van der Waals surface area contributed by atoms with Gasteiger partial charge in [0, 0.05) is 5.57 Å². The molecule has 0 saturated heterocycles.